The molecule has 2 amide bonds. The number of piperidine rings is 1. The van der Waals surface area contributed by atoms with Gasteiger partial charge < -0.3 is 11.1 Å². The topological polar surface area (TPSA) is 110 Å². The molecule has 9 heteroatoms. The number of primary amides is 1. The second-order valence-electron chi connectivity index (χ2n) is 9.03. The summed E-state index contributed by atoms with van der Waals surface area (Å²) in [7, 11) is -3.61. The number of hydrogen-bond donors (Lipinski definition) is 2. The number of benzene rings is 1. The molecule has 172 valence electrons. The number of anilines is 1. The Bertz CT molecular complexity index is 1130. The number of carbonyl (C=O) groups excluding carboxylic acids is 2. The number of nitrogens with zero attached hydrogens (tertiary/aromatic N) is 1. The Hall–Kier alpha value is -2.23. The summed E-state index contributed by atoms with van der Waals surface area (Å²) in [6.45, 7) is 5.14. The van der Waals surface area contributed by atoms with Crippen molar-refractivity contribution < 1.29 is 18.0 Å². The molecule has 1 aromatic carbocycles. The maximum atomic E-state index is 13.1. The van der Waals surface area contributed by atoms with Crippen LogP contribution >= 0.6 is 11.3 Å². The van der Waals surface area contributed by atoms with Gasteiger partial charge in [0.25, 0.3) is 11.8 Å². The van der Waals surface area contributed by atoms with Gasteiger partial charge in [-0.25, -0.2) is 8.42 Å². The Labute approximate surface area is 193 Å². The van der Waals surface area contributed by atoms with Gasteiger partial charge in [0.05, 0.1) is 10.5 Å². The zero-order valence-corrected chi connectivity index (χ0v) is 20.0. The molecule has 0 radical (unpaired) electrons. The van der Waals surface area contributed by atoms with Crippen LogP contribution in [0.1, 0.15) is 64.3 Å². The molecule has 1 aliphatic carbocycles. The fraction of sp³-hybridized carbons (Fsp3) is 0.478. The van der Waals surface area contributed by atoms with E-state index in [0.717, 1.165) is 42.5 Å². The maximum absolute atomic E-state index is 13.1. The number of amides is 2. The van der Waals surface area contributed by atoms with Crippen molar-refractivity contribution in [1.82, 2.24) is 4.31 Å². The highest BCUT2D eigenvalue weighted by Crippen LogP contribution is 2.38. The van der Waals surface area contributed by atoms with Crippen molar-refractivity contribution in [3.8, 4) is 0 Å². The lowest BCUT2D eigenvalue weighted by Crippen LogP contribution is -2.42. The number of hydrogen-bond acceptors (Lipinski definition) is 5. The lowest BCUT2D eigenvalue weighted by molar-refractivity contribution is 0.100. The first-order chi connectivity index (χ1) is 15.2. The van der Waals surface area contributed by atoms with Crippen LogP contribution < -0.4 is 11.1 Å². The summed E-state index contributed by atoms with van der Waals surface area (Å²) in [6.07, 6.45) is 4.76. The minimum Gasteiger partial charge on any atom is -0.365 e. The van der Waals surface area contributed by atoms with Crippen molar-refractivity contribution in [3.63, 3.8) is 0 Å². The van der Waals surface area contributed by atoms with E-state index in [4.69, 9.17) is 5.73 Å². The number of thiophene rings is 1. The highest BCUT2D eigenvalue weighted by Gasteiger charge is 2.32. The summed E-state index contributed by atoms with van der Waals surface area (Å²) in [6, 6.07) is 5.97. The number of nitrogens with two attached hydrogens (primary N) is 1. The van der Waals surface area contributed by atoms with E-state index < -0.39 is 21.8 Å². The molecule has 2 aliphatic rings. The third-order valence-corrected chi connectivity index (χ3v) is 9.29. The third-order valence-electron chi connectivity index (χ3n) is 6.23. The molecule has 1 aliphatic heterocycles. The molecule has 7 nitrogen and oxygen atoms in total. The molecular weight excluding hydrogens is 446 g/mol. The van der Waals surface area contributed by atoms with Gasteiger partial charge in [-0.1, -0.05) is 13.8 Å². The molecule has 2 unspecified atom stereocenters. The Morgan fingerprint density at radius 2 is 1.69 bits per heavy atom. The van der Waals surface area contributed by atoms with E-state index in [9.17, 15) is 18.0 Å². The Morgan fingerprint density at radius 1 is 1.06 bits per heavy atom. The van der Waals surface area contributed by atoms with Crippen LogP contribution in [0.5, 0.6) is 0 Å². The van der Waals surface area contributed by atoms with Crippen LogP contribution in [-0.2, 0) is 22.9 Å². The second kappa shape index (κ2) is 8.96. The first-order valence-electron chi connectivity index (χ1n) is 11.0. The standard InChI is InChI=1S/C23H29N3O4S2/c1-14-11-15(2)13-26(12-14)32(29,30)17-9-7-16(8-10-17)22(28)25-23-20(21(24)27)18-5-3-4-6-19(18)31-23/h7-10,14-15H,3-6,11-13H2,1-2H3,(H2,24,27)(H,25,28). The monoisotopic (exact) mass is 475 g/mol. The fourth-order valence-electron chi connectivity index (χ4n) is 4.82. The summed E-state index contributed by atoms with van der Waals surface area (Å²) >= 11 is 1.40. The molecule has 2 aromatic rings. The van der Waals surface area contributed by atoms with Gasteiger partial charge in [-0.05, 0) is 73.8 Å². The number of rotatable bonds is 5. The van der Waals surface area contributed by atoms with Crippen molar-refractivity contribution in [1.29, 1.82) is 0 Å². The van der Waals surface area contributed by atoms with Gasteiger partial charge in [0.15, 0.2) is 0 Å². The molecule has 2 atom stereocenters. The van der Waals surface area contributed by atoms with Crippen LogP contribution in [0.25, 0.3) is 0 Å². The van der Waals surface area contributed by atoms with Crippen LogP contribution in [0.3, 0.4) is 0 Å². The molecular formula is C23H29N3O4S2. The summed E-state index contributed by atoms with van der Waals surface area (Å²) in [4.78, 5) is 26.1. The number of aryl methyl sites for hydroxylation is 1. The van der Waals surface area contributed by atoms with Crippen LogP contribution in [0.15, 0.2) is 29.2 Å². The molecule has 32 heavy (non-hydrogen) atoms. The largest absolute Gasteiger partial charge is 0.365 e. The van der Waals surface area contributed by atoms with Crippen LogP contribution in [0, 0.1) is 11.8 Å². The second-order valence-corrected chi connectivity index (χ2v) is 12.1. The molecule has 0 saturated carbocycles. The molecule has 3 N–H and O–H groups in total. The number of fused-ring (bicyclic) bond motifs is 1. The predicted octanol–water partition coefficient (Wildman–Crippen LogP) is 3.64. The summed E-state index contributed by atoms with van der Waals surface area (Å²) in [5, 5.41) is 3.29. The van der Waals surface area contributed by atoms with Gasteiger partial charge in [-0.15, -0.1) is 11.3 Å². The maximum Gasteiger partial charge on any atom is 0.256 e. The summed E-state index contributed by atoms with van der Waals surface area (Å²) in [5.41, 5.74) is 7.29. The Kier molecular flexibility index (Phi) is 6.42. The van der Waals surface area contributed by atoms with E-state index in [2.05, 4.69) is 19.2 Å². The molecule has 0 bridgehead atoms. The van der Waals surface area contributed by atoms with Crippen LogP contribution in [0.2, 0.25) is 0 Å². The minimum absolute atomic E-state index is 0.180. The van der Waals surface area contributed by atoms with Gasteiger partial charge in [-0.2, -0.15) is 4.31 Å². The lowest BCUT2D eigenvalue weighted by Gasteiger charge is -2.34. The SMILES string of the molecule is CC1CC(C)CN(S(=O)(=O)c2ccc(C(=O)Nc3sc4c(c3C(N)=O)CCCC4)cc2)C1. The average Bonchev–Trinajstić information content (AvgIpc) is 3.11. The van der Waals surface area contributed by atoms with E-state index in [0.29, 0.717) is 41.1 Å². The number of nitrogens with one attached hydrogen (secondary N) is 1. The molecule has 1 aromatic heterocycles. The Morgan fingerprint density at radius 3 is 2.31 bits per heavy atom. The highest BCUT2D eigenvalue weighted by atomic mass is 32.2. The van der Waals surface area contributed by atoms with Crippen molar-refractivity contribution >= 4 is 38.2 Å². The van der Waals surface area contributed by atoms with Crippen molar-refractivity contribution in [2.75, 3.05) is 18.4 Å². The minimum atomic E-state index is -3.61. The van der Waals surface area contributed by atoms with Crippen molar-refractivity contribution in [2.45, 2.75) is 50.8 Å². The normalized spacial score (nSPS) is 21.7. The lowest BCUT2D eigenvalue weighted by atomic mass is 9.94. The van der Waals surface area contributed by atoms with Gasteiger partial charge in [0, 0.05) is 23.5 Å². The van der Waals surface area contributed by atoms with E-state index >= 15 is 0 Å². The quantitative estimate of drug-likeness (QED) is 0.688. The average molecular weight is 476 g/mol. The van der Waals surface area contributed by atoms with Gasteiger partial charge >= 0.3 is 0 Å². The van der Waals surface area contributed by atoms with E-state index in [1.165, 1.54) is 39.9 Å². The zero-order chi connectivity index (χ0) is 23.0. The van der Waals surface area contributed by atoms with Crippen molar-refractivity contribution in [2.24, 2.45) is 17.6 Å². The fourth-order valence-corrected chi connectivity index (χ4v) is 7.79. The first-order valence-corrected chi connectivity index (χ1v) is 13.3. The van der Waals surface area contributed by atoms with Gasteiger partial charge in [0.1, 0.15) is 5.00 Å². The van der Waals surface area contributed by atoms with Crippen molar-refractivity contribution in [3.05, 3.63) is 45.8 Å². The molecule has 4 rings (SSSR count). The summed E-state index contributed by atoms with van der Waals surface area (Å²) in [5.74, 6) is -0.300. The van der Waals surface area contributed by atoms with E-state index in [1.807, 2.05) is 0 Å². The molecule has 2 heterocycles. The predicted molar refractivity (Wildman–Crippen MR) is 126 cm³/mol. The molecule has 0 spiro atoms. The third kappa shape index (κ3) is 4.46. The van der Waals surface area contributed by atoms with Gasteiger partial charge in [-0.3, -0.25) is 9.59 Å². The summed E-state index contributed by atoms with van der Waals surface area (Å²) < 4.78 is 27.7. The number of carbonyl (C=O) groups is 2. The highest BCUT2D eigenvalue weighted by molar-refractivity contribution is 7.89. The van der Waals surface area contributed by atoms with Gasteiger partial charge in [0.2, 0.25) is 10.0 Å². The number of sulfonamides is 1. The smallest absolute Gasteiger partial charge is 0.256 e. The Balaban J connectivity index is 1.53. The van der Waals surface area contributed by atoms with E-state index in [1.54, 1.807) is 0 Å². The molecule has 1 fully saturated rings. The van der Waals surface area contributed by atoms with Crippen LogP contribution in [-0.4, -0.2) is 37.6 Å². The van der Waals surface area contributed by atoms with Crippen LogP contribution in [0.4, 0.5) is 5.00 Å². The zero-order valence-electron chi connectivity index (χ0n) is 18.4. The van der Waals surface area contributed by atoms with E-state index in [-0.39, 0.29) is 4.90 Å². The molecule has 1 saturated heterocycles. The first kappa shape index (κ1) is 22.9.